The standard InChI is InChI=1S/C26H31N3O4/c1-17(2)20-9-5-18(3)24(15-20)33-14-13-27-26-28-16-22(25(30)31)23(29-26)12-8-19-6-10-21(32-4)11-7-19/h5-7,9-11,15-17H,8,12-14H2,1-4H3,(H,30,31)(H,27,28,29). The summed E-state index contributed by atoms with van der Waals surface area (Å²) in [5.41, 5.74) is 4.01. The molecule has 0 bridgehead atoms. The number of carbonyl (C=O) groups is 1. The Balaban J connectivity index is 1.60. The van der Waals surface area contributed by atoms with Crippen LogP contribution in [0.4, 0.5) is 5.95 Å². The molecule has 174 valence electrons. The van der Waals surface area contributed by atoms with Gasteiger partial charge in [0.15, 0.2) is 0 Å². The van der Waals surface area contributed by atoms with Crippen molar-refractivity contribution in [3.63, 3.8) is 0 Å². The van der Waals surface area contributed by atoms with Crippen molar-refractivity contribution >= 4 is 11.9 Å². The van der Waals surface area contributed by atoms with E-state index in [1.807, 2.05) is 31.2 Å². The number of benzene rings is 2. The minimum Gasteiger partial charge on any atom is -0.497 e. The normalized spacial score (nSPS) is 10.8. The van der Waals surface area contributed by atoms with Crippen LogP contribution in [0.1, 0.15) is 52.5 Å². The summed E-state index contributed by atoms with van der Waals surface area (Å²) in [6.07, 6.45) is 2.51. The lowest BCUT2D eigenvalue weighted by molar-refractivity contribution is 0.0694. The molecular weight excluding hydrogens is 418 g/mol. The number of nitrogens with zero attached hydrogens (tertiary/aromatic N) is 2. The number of anilines is 1. The average Bonchev–Trinajstić information content (AvgIpc) is 2.81. The minimum absolute atomic E-state index is 0.117. The van der Waals surface area contributed by atoms with E-state index in [-0.39, 0.29) is 5.56 Å². The lowest BCUT2D eigenvalue weighted by atomic mass is 10.0. The number of nitrogens with one attached hydrogen (secondary N) is 1. The van der Waals surface area contributed by atoms with E-state index < -0.39 is 5.97 Å². The molecular formula is C26H31N3O4. The first kappa shape index (κ1) is 24.0. The molecule has 0 aliphatic carbocycles. The van der Waals surface area contributed by atoms with E-state index in [0.29, 0.717) is 43.6 Å². The highest BCUT2D eigenvalue weighted by Crippen LogP contribution is 2.24. The minimum atomic E-state index is -1.03. The summed E-state index contributed by atoms with van der Waals surface area (Å²) in [5.74, 6) is 1.44. The zero-order valence-corrected chi connectivity index (χ0v) is 19.6. The van der Waals surface area contributed by atoms with E-state index in [1.165, 1.54) is 11.8 Å². The number of rotatable bonds is 11. The van der Waals surface area contributed by atoms with E-state index in [4.69, 9.17) is 9.47 Å². The predicted octanol–water partition coefficient (Wildman–Crippen LogP) is 4.89. The monoisotopic (exact) mass is 449 g/mol. The maximum Gasteiger partial charge on any atom is 0.339 e. The van der Waals surface area contributed by atoms with Gasteiger partial charge < -0.3 is 19.9 Å². The van der Waals surface area contributed by atoms with Crippen LogP contribution in [0.15, 0.2) is 48.7 Å². The summed E-state index contributed by atoms with van der Waals surface area (Å²) in [7, 11) is 1.62. The van der Waals surface area contributed by atoms with Crippen LogP contribution in [0.2, 0.25) is 0 Å². The Bertz CT molecular complexity index is 1080. The number of ether oxygens (including phenoxy) is 2. The molecule has 1 aromatic heterocycles. The number of hydrogen-bond acceptors (Lipinski definition) is 6. The van der Waals surface area contributed by atoms with Crippen LogP contribution in [-0.4, -0.2) is 41.3 Å². The number of carboxylic acid groups (broad SMARTS) is 1. The SMILES string of the molecule is COc1ccc(CCc2nc(NCCOc3cc(C(C)C)ccc3C)ncc2C(=O)O)cc1. The van der Waals surface area contributed by atoms with Gasteiger partial charge in [0.1, 0.15) is 18.1 Å². The predicted molar refractivity (Wildman–Crippen MR) is 129 cm³/mol. The fourth-order valence-electron chi connectivity index (χ4n) is 3.38. The first-order chi connectivity index (χ1) is 15.9. The number of methoxy groups -OCH3 is 1. The topological polar surface area (TPSA) is 93.6 Å². The van der Waals surface area contributed by atoms with Crippen molar-refractivity contribution in [3.05, 3.63) is 76.6 Å². The van der Waals surface area contributed by atoms with Gasteiger partial charge in [-0.25, -0.2) is 14.8 Å². The Labute approximate surface area is 194 Å². The van der Waals surface area contributed by atoms with Crippen LogP contribution >= 0.6 is 0 Å². The second kappa shape index (κ2) is 11.3. The molecule has 33 heavy (non-hydrogen) atoms. The molecule has 0 atom stereocenters. The first-order valence-electron chi connectivity index (χ1n) is 11.1. The third kappa shape index (κ3) is 6.68. The van der Waals surface area contributed by atoms with E-state index in [2.05, 4.69) is 47.3 Å². The fourth-order valence-corrected chi connectivity index (χ4v) is 3.38. The van der Waals surface area contributed by atoms with Crippen molar-refractivity contribution in [2.45, 2.75) is 39.5 Å². The van der Waals surface area contributed by atoms with Crippen LogP contribution in [0.25, 0.3) is 0 Å². The van der Waals surface area contributed by atoms with Gasteiger partial charge in [-0.2, -0.15) is 0 Å². The zero-order chi connectivity index (χ0) is 23.8. The molecule has 7 nitrogen and oxygen atoms in total. The van der Waals surface area contributed by atoms with Crippen LogP contribution in [0.5, 0.6) is 11.5 Å². The van der Waals surface area contributed by atoms with Crippen molar-refractivity contribution in [2.75, 3.05) is 25.6 Å². The number of aromatic nitrogens is 2. The molecule has 0 aliphatic rings. The van der Waals surface area contributed by atoms with Crippen molar-refractivity contribution in [2.24, 2.45) is 0 Å². The van der Waals surface area contributed by atoms with Gasteiger partial charge in [0, 0.05) is 6.20 Å². The highest BCUT2D eigenvalue weighted by atomic mass is 16.5. The molecule has 2 N–H and O–H groups in total. The molecule has 0 spiro atoms. The maximum absolute atomic E-state index is 11.6. The van der Waals surface area contributed by atoms with Crippen LogP contribution in [0, 0.1) is 6.92 Å². The molecule has 3 rings (SSSR count). The second-order valence-corrected chi connectivity index (χ2v) is 8.16. The Hall–Kier alpha value is -3.61. The molecule has 0 radical (unpaired) electrons. The van der Waals surface area contributed by atoms with Gasteiger partial charge in [-0.15, -0.1) is 0 Å². The number of carboxylic acids is 1. The van der Waals surface area contributed by atoms with Gasteiger partial charge in [-0.3, -0.25) is 0 Å². The highest BCUT2D eigenvalue weighted by molar-refractivity contribution is 5.88. The largest absolute Gasteiger partial charge is 0.497 e. The van der Waals surface area contributed by atoms with Gasteiger partial charge in [-0.1, -0.05) is 38.1 Å². The van der Waals surface area contributed by atoms with Crippen molar-refractivity contribution in [3.8, 4) is 11.5 Å². The van der Waals surface area contributed by atoms with E-state index >= 15 is 0 Å². The second-order valence-electron chi connectivity index (χ2n) is 8.16. The number of hydrogen-bond donors (Lipinski definition) is 2. The van der Waals surface area contributed by atoms with E-state index in [0.717, 1.165) is 22.6 Å². The van der Waals surface area contributed by atoms with Gasteiger partial charge in [0.05, 0.1) is 24.9 Å². The average molecular weight is 450 g/mol. The fraction of sp³-hybridized carbons (Fsp3) is 0.346. The Kier molecular flexibility index (Phi) is 8.24. The Morgan fingerprint density at radius 3 is 2.55 bits per heavy atom. The molecule has 0 unspecified atom stereocenters. The molecule has 0 amide bonds. The summed E-state index contributed by atoms with van der Waals surface area (Å²) in [4.78, 5) is 20.2. The van der Waals surface area contributed by atoms with E-state index in [9.17, 15) is 9.90 Å². The van der Waals surface area contributed by atoms with Crippen LogP contribution < -0.4 is 14.8 Å². The molecule has 0 saturated carbocycles. The molecule has 7 heteroatoms. The Morgan fingerprint density at radius 1 is 1.12 bits per heavy atom. The van der Waals surface area contributed by atoms with Crippen molar-refractivity contribution < 1.29 is 19.4 Å². The Morgan fingerprint density at radius 2 is 1.88 bits per heavy atom. The molecule has 0 saturated heterocycles. The van der Waals surface area contributed by atoms with Gasteiger partial charge in [0.25, 0.3) is 0 Å². The molecule has 2 aromatic carbocycles. The zero-order valence-electron chi connectivity index (χ0n) is 19.6. The number of aryl methyl sites for hydroxylation is 3. The van der Waals surface area contributed by atoms with Crippen molar-refractivity contribution in [1.82, 2.24) is 9.97 Å². The smallest absolute Gasteiger partial charge is 0.339 e. The lowest BCUT2D eigenvalue weighted by Gasteiger charge is -2.13. The summed E-state index contributed by atoms with van der Waals surface area (Å²) in [6, 6.07) is 14.0. The maximum atomic E-state index is 11.6. The molecule has 3 aromatic rings. The van der Waals surface area contributed by atoms with Crippen molar-refractivity contribution in [1.29, 1.82) is 0 Å². The molecule has 0 aliphatic heterocycles. The molecule has 1 heterocycles. The van der Waals surface area contributed by atoms with Gasteiger partial charge in [-0.05, 0) is 60.6 Å². The lowest BCUT2D eigenvalue weighted by Crippen LogP contribution is -2.16. The summed E-state index contributed by atoms with van der Waals surface area (Å²) < 4.78 is 11.1. The quantitative estimate of drug-likeness (QED) is 0.403. The van der Waals surface area contributed by atoms with E-state index in [1.54, 1.807) is 7.11 Å². The number of aromatic carboxylic acids is 1. The summed E-state index contributed by atoms with van der Waals surface area (Å²) in [5, 5.41) is 12.6. The summed E-state index contributed by atoms with van der Waals surface area (Å²) in [6.45, 7) is 7.26. The third-order valence-electron chi connectivity index (χ3n) is 5.43. The van der Waals surface area contributed by atoms with Crippen LogP contribution in [-0.2, 0) is 12.8 Å². The molecule has 0 fully saturated rings. The van der Waals surface area contributed by atoms with Gasteiger partial charge in [0.2, 0.25) is 5.95 Å². The van der Waals surface area contributed by atoms with Gasteiger partial charge >= 0.3 is 5.97 Å². The third-order valence-corrected chi connectivity index (χ3v) is 5.43. The van der Waals surface area contributed by atoms with Crippen LogP contribution in [0.3, 0.4) is 0 Å². The summed E-state index contributed by atoms with van der Waals surface area (Å²) >= 11 is 0. The highest BCUT2D eigenvalue weighted by Gasteiger charge is 2.14. The first-order valence-corrected chi connectivity index (χ1v) is 11.1.